The SMILES string of the molecule is CCOC(=O)[C@@H](CS)NC(=O)c1ccccc1. The van der Waals surface area contributed by atoms with Crippen molar-refractivity contribution in [3.63, 3.8) is 0 Å². The predicted octanol–water partition coefficient (Wildman–Crippen LogP) is 1.28. The zero-order chi connectivity index (χ0) is 12.7. The number of carbonyl (C=O) groups is 2. The highest BCUT2D eigenvalue weighted by Gasteiger charge is 2.20. The van der Waals surface area contributed by atoms with E-state index in [1.807, 2.05) is 6.07 Å². The molecule has 0 heterocycles. The molecule has 1 rings (SSSR count). The van der Waals surface area contributed by atoms with Gasteiger partial charge >= 0.3 is 5.97 Å². The quantitative estimate of drug-likeness (QED) is 0.614. The zero-order valence-corrected chi connectivity index (χ0v) is 10.4. The van der Waals surface area contributed by atoms with E-state index in [0.29, 0.717) is 5.56 Å². The van der Waals surface area contributed by atoms with Gasteiger partial charge in [0, 0.05) is 11.3 Å². The third-order valence-corrected chi connectivity index (χ3v) is 2.46. The molecular weight excluding hydrogens is 238 g/mol. The first-order chi connectivity index (χ1) is 8.19. The van der Waals surface area contributed by atoms with Crippen LogP contribution in [0, 0.1) is 0 Å². The van der Waals surface area contributed by atoms with Crippen molar-refractivity contribution in [2.45, 2.75) is 13.0 Å². The molecule has 0 radical (unpaired) electrons. The number of hydrogen-bond donors (Lipinski definition) is 2. The third kappa shape index (κ3) is 4.11. The largest absolute Gasteiger partial charge is 0.464 e. The number of esters is 1. The molecule has 4 nitrogen and oxygen atoms in total. The Morgan fingerprint density at radius 2 is 2.00 bits per heavy atom. The summed E-state index contributed by atoms with van der Waals surface area (Å²) >= 11 is 4.02. The van der Waals surface area contributed by atoms with Gasteiger partial charge in [0.15, 0.2) is 0 Å². The van der Waals surface area contributed by atoms with Gasteiger partial charge in [0.1, 0.15) is 6.04 Å². The zero-order valence-electron chi connectivity index (χ0n) is 9.55. The van der Waals surface area contributed by atoms with Crippen LogP contribution in [0.2, 0.25) is 0 Å². The molecule has 0 bridgehead atoms. The second kappa shape index (κ2) is 6.96. The third-order valence-electron chi connectivity index (χ3n) is 2.09. The van der Waals surface area contributed by atoms with E-state index in [1.165, 1.54) is 0 Å². The van der Waals surface area contributed by atoms with Crippen molar-refractivity contribution < 1.29 is 14.3 Å². The summed E-state index contributed by atoms with van der Waals surface area (Å²) in [5.41, 5.74) is 0.503. The van der Waals surface area contributed by atoms with Crippen molar-refractivity contribution in [1.82, 2.24) is 5.32 Å². The Morgan fingerprint density at radius 1 is 1.35 bits per heavy atom. The lowest BCUT2D eigenvalue weighted by Crippen LogP contribution is -2.43. The number of amides is 1. The molecule has 0 saturated carbocycles. The standard InChI is InChI=1S/C12H15NO3S/c1-2-16-12(15)10(8-17)13-11(14)9-6-4-3-5-7-9/h3-7,10,17H,2,8H2,1H3,(H,13,14)/t10-/m1/s1. The Morgan fingerprint density at radius 3 is 2.53 bits per heavy atom. The molecule has 17 heavy (non-hydrogen) atoms. The number of ether oxygens (including phenoxy) is 1. The molecule has 1 aromatic carbocycles. The normalized spacial score (nSPS) is 11.6. The number of carbonyl (C=O) groups excluding carboxylic acids is 2. The first-order valence-electron chi connectivity index (χ1n) is 5.32. The van der Waals surface area contributed by atoms with Crippen LogP contribution in [0.25, 0.3) is 0 Å². The van der Waals surface area contributed by atoms with Gasteiger partial charge in [-0.3, -0.25) is 4.79 Å². The van der Waals surface area contributed by atoms with E-state index in [9.17, 15) is 9.59 Å². The average molecular weight is 253 g/mol. The maximum atomic E-state index is 11.8. The highest BCUT2D eigenvalue weighted by molar-refractivity contribution is 7.80. The van der Waals surface area contributed by atoms with Gasteiger partial charge in [-0.1, -0.05) is 18.2 Å². The molecule has 1 atom stereocenters. The Kier molecular flexibility index (Phi) is 5.56. The summed E-state index contributed by atoms with van der Waals surface area (Å²) in [5.74, 6) is -0.568. The van der Waals surface area contributed by atoms with Crippen LogP contribution >= 0.6 is 12.6 Å². The Hall–Kier alpha value is -1.49. The Labute approximate surface area is 106 Å². The number of nitrogens with one attached hydrogen (secondary N) is 1. The number of thiol groups is 1. The molecule has 0 fully saturated rings. The Balaban J connectivity index is 2.63. The fraction of sp³-hybridized carbons (Fsp3) is 0.333. The van der Waals surface area contributed by atoms with Crippen molar-refractivity contribution in [1.29, 1.82) is 0 Å². The van der Waals surface area contributed by atoms with Gasteiger partial charge in [0.05, 0.1) is 6.61 Å². The van der Waals surface area contributed by atoms with Crippen LogP contribution in [0.1, 0.15) is 17.3 Å². The van der Waals surface area contributed by atoms with Crippen LogP contribution in [0.5, 0.6) is 0 Å². The highest BCUT2D eigenvalue weighted by atomic mass is 32.1. The second-order valence-electron chi connectivity index (χ2n) is 3.33. The molecule has 1 aromatic rings. The van der Waals surface area contributed by atoms with Gasteiger partial charge < -0.3 is 10.1 Å². The minimum Gasteiger partial charge on any atom is -0.464 e. The minimum atomic E-state index is -0.717. The van der Waals surface area contributed by atoms with E-state index in [2.05, 4.69) is 17.9 Å². The summed E-state index contributed by atoms with van der Waals surface area (Å²) < 4.78 is 4.83. The van der Waals surface area contributed by atoms with E-state index in [4.69, 9.17) is 4.74 Å². The molecule has 0 aliphatic rings. The number of benzene rings is 1. The molecule has 0 aromatic heterocycles. The molecule has 0 saturated heterocycles. The molecule has 1 N–H and O–H groups in total. The molecule has 0 unspecified atom stereocenters. The molecule has 5 heteroatoms. The van der Waals surface area contributed by atoms with Crippen molar-refractivity contribution in [3.8, 4) is 0 Å². The summed E-state index contributed by atoms with van der Waals surface area (Å²) in [6, 6.07) is 7.97. The average Bonchev–Trinajstić information content (AvgIpc) is 2.37. The van der Waals surface area contributed by atoms with Crippen LogP contribution < -0.4 is 5.32 Å². The lowest BCUT2D eigenvalue weighted by molar-refractivity contribution is -0.144. The van der Waals surface area contributed by atoms with E-state index in [0.717, 1.165) is 0 Å². The van der Waals surface area contributed by atoms with Crippen LogP contribution in [-0.4, -0.2) is 30.3 Å². The van der Waals surface area contributed by atoms with Gasteiger partial charge in [-0.15, -0.1) is 0 Å². The van der Waals surface area contributed by atoms with Crippen LogP contribution in [0.4, 0.5) is 0 Å². The lowest BCUT2D eigenvalue weighted by atomic mass is 10.2. The number of rotatable bonds is 5. The predicted molar refractivity (Wildman–Crippen MR) is 68.2 cm³/mol. The van der Waals surface area contributed by atoms with Gasteiger partial charge in [-0.05, 0) is 19.1 Å². The molecular formula is C12H15NO3S. The highest BCUT2D eigenvalue weighted by Crippen LogP contribution is 2.00. The first kappa shape index (κ1) is 13.6. The summed E-state index contributed by atoms with van der Waals surface area (Å²) in [6.07, 6.45) is 0. The van der Waals surface area contributed by atoms with Crippen molar-refractivity contribution >= 4 is 24.5 Å². The van der Waals surface area contributed by atoms with E-state index >= 15 is 0 Å². The summed E-state index contributed by atoms with van der Waals surface area (Å²) in [7, 11) is 0. The van der Waals surface area contributed by atoms with Gasteiger partial charge in [-0.2, -0.15) is 12.6 Å². The minimum absolute atomic E-state index is 0.206. The molecule has 0 aliphatic heterocycles. The lowest BCUT2D eigenvalue weighted by Gasteiger charge is -2.14. The fourth-order valence-electron chi connectivity index (χ4n) is 1.25. The van der Waals surface area contributed by atoms with Gasteiger partial charge in [0.2, 0.25) is 0 Å². The van der Waals surface area contributed by atoms with Crippen molar-refractivity contribution in [2.24, 2.45) is 0 Å². The van der Waals surface area contributed by atoms with Gasteiger partial charge in [-0.25, -0.2) is 4.79 Å². The maximum Gasteiger partial charge on any atom is 0.329 e. The Bertz CT molecular complexity index is 381. The number of hydrogen-bond acceptors (Lipinski definition) is 4. The smallest absolute Gasteiger partial charge is 0.329 e. The molecule has 92 valence electrons. The second-order valence-corrected chi connectivity index (χ2v) is 3.69. The summed E-state index contributed by atoms with van der Waals surface area (Å²) in [4.78, 5) is 23.2. The topological polar surface area (TPSA) is 55.4 Å². The first-order valence-corrected chi connectivity index (χ1v) is 5.95. The van der Waals surface area contributed by atoms with E-state index < -0.39 is 12.0 Å². The maximum absolute atomic E-state index is 11.8. The van der Waals surface area contributed by atoms with Crippen LogP contribution in [-0.2, 0) is 9.53 Å². The van der Waals surface area contributed by atoms with Crippen LogP contribution in [0.3, 0.4) is 0 Å². The summed E-state index contributed by atoms with van der Waals surface area (Å²) in [6.45, 7) is 2.00. The molecule has 1 amide bonds. The van der Waals surface area contributed by atoms with E-state index in [-0.39, 0.29) is 18.3 Å². The molecule has 0 spiro atoms. The van der Waals surface area contributed by atoms with E-state index in [1.54, 1.807) is 31.2 Å². The monoisotopic (exact) mass is 253 g/mol. The van der Waals surface area contributed by atoms with Crippen LogP contribution in [0.15, 0.2) is 30.3 Å². The fourth-order valence-corrected chi connectivity index (χ4v) is 1.49. The van der Waals surface area contributed by atoms with Crippen molar-refractivity contribution in [3.05, 3.63) is 35.9 Å². The summed E-state index contributed by atoms with van der Waals surface area (Å²) in [5, 5.41) is 2.58. The van der Waals surface area contributed by atoms with Crippen molar-refractivity contribution in [2.75, 3.05) is 12.4 Å². The van der Waals surface area contributed by atoms with Gasteiger partial charge in [0.25, 0.3) is 5.91 Å². The molecule has 0 aliphatic carbocycles.